The van der Waals surface area contributed by atoms with Crippen LogP contribution in [-0.4, -0.2) is 19.9 Å². The minimum atomic E-state index is -4.43. The van der Waals surface area contributed by atoms with Crippen molar-refractivity contribution in [2.24, 2.45) is 0 Å². The van der Waals surface area contributed by atoms with E-state index < -0.39 is 26.7 Å². The average molecular weight is 388 g/mol. The van der Waals surface area contributed by atoms with Crippen LogP contribution >= 0.6 is 0 Å². The van der Waals surface area contributed by atoms with Crippen LogP contribution in [0, 0.1) is 17.0 Å². The Bertz CT molecular complexity index is 910. The molecule has 0 heterocycles. The molecule has 2 aromatic carbocycles. The molecule has 0 aromatic heterocycles. The molecule has 2 aromatic rings. The van der Waals surface area contributed by atoms with Gasteiger partial charge in [0.2, 0.25) is 10.0 Å². The highest BCUT2D eigenvalue weighted by Gasteiger charge is 2.29. The third-order valence-corrected chi connectivity index (χ3v) is 5.26. The van der Waals surface area contributed by atoms with E-state index in [9.17, 15) is 31.7 Å². The lowest BCUT2D eigenvalue weighted by atomic mass is 10.1. The maximum absolute atomic E-state index is 12.5. The molecule has 0 radical (unpaired) electrons. The first kappa shape index (κ1) is 19.9. The van der Waals surface area contributed by atoms with Gasteiger partial charge in [-0.15, -0.1) is 0 Å². The summed E-state index contributed by atoms with van der Waals surface area (Å²) in [6.45, 7) is 1.45. The first-order valence-electron chi connectivity index (χ1n) is 7.41. The topological polar surface area (TPSA) is 89.3 Å². The van der Waals surface area contributed by atoms with E-state index >= 15 is 0 Å². The molecule has 0 saturated carbocycles. The lowest BCUT2D eigenvalue weighted by Crippen LogP contribution is -2.26. The normalized spacial score (nSPS) is 12.2. The first-order valence-corrected chi connectivity index (χ1v) is 8.90. The highest BCUT2D eigenvalue weighted by atomic mass is 32.2. The van der Waals surface area contributed by atoms with Crippen molar-refractivity contribution in [3.05, 3.63) is 69.3 Å². The predicted octanol–water partition coefficient (Wildman–Crippen LogP) is 3.44. The van der Waals surface area contributed by atoms with E-state index in [1.165, 1.54) is 31.2 Å². The number of nitrogens with one attached hydrogen (secondary N) is 1. The van der Waals surface area contributed by atoms with Gasteiger partial charge in [0.05, 0.1) is 15.4 Å². The van der Waals surface area contributed by atoms with Crippen molar-refractivity contribution >= 4 is 15.7 Å². The van der Waals surface area contributed by atoms with Gasteiger partial charge in [0.15, 0.2) is 0 Å². The molecule has 6 nitrogen and oxygen atoms in total. The summed E-state index contributed by atoms with van der Waals surface area (Å²) in [5.41, 5.74) is -0.262. The number of sulfonamides is 1. The molecule has 0 fully saturated rings. The van der Waals surface area contributed by atoms with E-state index in [-0.39, 0.29) is 23.5 Å². The van der Waals surface area contributed by atoms with Crippen LogP contribution in [0.5, 0.6) is 0 Å². The summed E-state index contributed by atoms with van der Waals surface area (Å²) in [4.78, 5) is 9.90. The Balaban J connectivity index is 2.07. The van der Waals surface area contributed by atoms with Crippen molar-refractivity contribution in [3.63, 3.8) is 0 Å². The van der Waals surface area contributed by atoms with Crippen molar-refractivity contribution < 1.29 is 26.5 Å². The Kier molecular flexibility index (Phi) is 5.67. The zero-order chi connectivity index (χ0) is 19.5. The second-order valence-electron chi connectivity index (χ2n) is 5.55. The van der Waals surface area contributed by atoms with Crippen molar-refractivity contribution in [3.8, 4) is 0 Å². The molecule has 140 valence electrons. The number of halogens is 3. The third kappa shape index (κ3) is 4.79. The molecular weight excluding hydrogens is 373 g/mol. The number of alkyl halides is 3. The van der Waals surface area contributed by atoms with Gasteiger partial charge in [0, 0.05) is 18.7 Å². The minimum Gasteiger partial charge on any atom is -0.258 e. The second-order valence-corrected chi connectivity index (χ2v) is 7.28. The van der Waals surface area contributed by atoms with Gasteiger partial charge in [0.1, 0.15) is 0 Å². The number of hydrogen-bond donors (Lipinski definition) is 1. The Morgan fingerprint density at radius 1 is 1.12 bits per heavy atom. The van der Waals surface area contributed by atoms with E-state index in [0.717, 1.165) is 18.2 Å². The molecule has 0 aliphatic carbocycles. The van der Waals surface area contributed by atoms with Gasteiger partial charge in [-0.3, -0.25) is 10.1 Å². The van der Waals surface area contributed by atoms with Gasteiger partial charge in [-0.25, -0.2) is 13.1 Å². The Labute approximate surface area is 147 Å². The summed E-state index contributed by atoms with van der Waals surface area (Å²) >= 11 is 0. The van der Waals surface area contributed by atoms with Gasteiger partial charge in [0.25, 0.3) is 5.69 Å². The summed E-state index contributed by atoms with van der Waals surface area (Å²) in [5.74, 6) is 0. The molecule has 26 heavy (non-hydrogen) atoms. The van der Waals surface area contributed by atoms with Crippen LogP contribution in [0.1, 0.15) is 16.7 Å². The number of non-ortho nitro benzene ring substituents is 1. The maximum atomic E-state index is 12.5. The molecule has 2 rings (SSSR count). The molecule has 0 aliphatic rings. The summed E-state index contributed by atoms with van der Waals surface area (Å²) in [5, 5.41) is 10.8. The minimum absolute atomic E-state index is 0.0597. The third-order valence-electron chi connectivity index (χ3n) is 3.66. The number of nitro groups is 1. The van der Waals surface area contributed by atoms with E-state index in [0.29, 0.717) is 11.1 Å². The highest BCUT2D eigenvalue weighted by molar-refractivity contribution is 7.89. The number of hydrogen-bond acceptors (Lipinski definition) is 4. The van der Waals surface area contributed by atoms with Gasteiger partial charge >= 0.3 is 6.18 Å². The average Bonchev–Trinajstić information content (AvgIpc) is 2.54. The highest BCUT2D eigenvalue weighted by Crippen LogP contribution is 2.29. The molecule has 10 heteroatoms. The first-order chi connectivity index (χ1) is 12.0. The zero-order valence-electron chi connectivity index (χ0n) is 13.6. The van der Waals surface area contributed by atoms with E-state index in [4.69, 9.17) is 0 Å². The van der Waals surface area contributed by atoms with Gasteiger partial charge in [-0.2, -0.15) is 13.2 Å². The quantitative estimate of drug-likeness (QED) is 0.606. The SMILES string of the molecule is Cc1ccc([N+](=O)[O-])cc1S(=O)(=O)NCCc1ccc(C(F)(F)F)cc1. The lowest BCUT2D eigenvalue weighted by molar-refractivity contribution is -0.385. The van der Waals surface area contributed by atoms with Crippen LogP contribution in [0.3, 0.4) is 0 Å². The monoisotopic (exact) mass is 388 g/mol. The van der Waals surface area contributed by atoms with Crippen LogP contribution < -0.4 is 4.72 Å². The van der Waals surface area contributed by atoms with Crippen LogP contribution in [-0.2, 0) is 22.6 Å². The van der Waals surface area contributed by atoms with Gasteiger partial charge < -0.3 is 0 Å². The van der Waals surface area contributed by atoms with E-state index in [2.05, 4.69) is 4.72 Å². The molecule has 0 saturated heterocycles. The van der Waals surface area contributed by atoms with Crippen molar-refractivity contribution in [1.29, 1.82) is 0 Å². The van der Waals surface area contributed by atoms with Crippen LogP contribution in [0.15, 0.2) is 47.4 Å². The molecule has 0 spiro atoms. The molecule has 0 aliphatic heterocycles. The fraction of sp³-hybridized carbons (Fsp3) is 0.250. The predicted molar refractivity (Wildman–Crippen MR) is 88.2 cm³/mol. The largest absolute Gasteiger partial charge is 0.416 e. The molecule has 0 bridgehead atoms. The molecule has 0 unspecified atom stereocenters. The molecule has 0 amide bonds. The fourth-order valence-electron chi connectivity index (χ4n) is 2.26. The lowest BCUT2D eigenvalue weighted by Gasteiger charge is -2.10. The number of rotatable bonds is 6. The number of nitrogens with zero attached hydrogens (tertiary/aromatic N) is 1. The van der Waals surface area contributed by atoms with Crippen molar-refractivity contribution in [2.45, 2.75) is 24.4 Å². The maximum Gasteiger partial charge on any atom is 0.416 e. The van der Waals surface area contributed by atoms with Crippen molar-refractivity contribution in [2.75, 3.05) is 6.54 Å². The summed E-state index contributed by atoms with van der Waals surface area (Å²) in [7, 11) is -3.98. The molecule has 0 atom stereocenters. The molecule has 1 N–H and O–H groups in total. The number of benzene rings is 2. The molecular formula is C16H15F3N2O4S. The van der Waals surface area contributed by atoms with Gasteiger partial charge in [-0.05, 0) is 36.6 Å². The summed E-state index contributed by atoms with van der Waals surface area (Å²) < 4.78 is 64.5. The Hall–Kier alpha value is -2.46. The van der Waals surface area contributed by atoms with Gasteiger partial charge in [-0.1, -0.05) is 18.2 Å². The Morgan fingerprint density at radius 3 is 2.27 bits per heavy atom. The smallest absolute Gasteiger partial charge is 0.258 e. The van der Waals surface area contributed by atoms with Crippen LogP contribution in [0.2, 0.25) is 0 Å². The van der Waals surface area contributed by atoms with Crippen molar-refractivity contribution in [1.82, 2.24) is 4.72 Å². The summed E-state index contributed by atoms with van der Waals surface area (Å²) in [6.07, 6.45) is -4.26. The van der Waals surface area contributed by atoms with Crippen LogP contribution in [0.4, 0.5) is 18.9 Å². The standard InChI is InChI=1S/C16H15F3N2O4S/c1-11-2-7-14(21(22)23)10-15(11)26(24,25)20-9-8-12-3-5-13(6-4-12)16(17,18)19/h2-7,10,20H,8-9H2,1H3. The Morgan fingerprint density at radius 2 is 1.73 bits per heavy atom. The number of nitro benzene ring substituents is 1. The number of aryl methyl sites for hydroxylation is 1. The fourth-order valence-corrected chi connectivity index (χ4v) is 3.55. The second kappa shape index (κ2) is 7.42. The summed E-state index contributed by atoms with van der Waals surface area (Å²) in [6, 6.07) is 7.91. The van der Waals surface area contributed by atoms with E-state index in [1.54, 1.807) is 0 Å². The van der Waals surface area contributed by atoms with E-state index in [1.807, 2.05) is 0 Å². The zero-order valence-corrected chi connectivity index (χ0v) is 14.4. The van der Waals surface area contributed by atoms with Crippen LogP contribution in [0.25, 0.3) is 0 Å².